The summed E-state index contributed by atoms with van der Waals surface area (Å²) in [5.41, 5.74) is 2.06. The maximum atomic E-state index is 12.9. The molecule has 0 amide bonds. The fourth-order valence-corrected chi connectivity index (χ4v) is 1.68. The SMILES string of the molecule is Cc1cc(F)ccc1CC(=O)c1ccn(C)n1. The summed E-state index contributed by atoms with van der Waals surface area (Å²) in [6.07, 6.45) is 1.98. The monoisotopic (exact) mass is 232 g/mol. The van der Waals surface area contributed by atoms with Crippen molar-refractivity contribution >= 4 is 5.78 Å². The molecule has 0 saturated carbocycles. The Hall–Kier alpha value is -1.97. The summed E-state index contributed by atoms with van der Waals surface area (Å²) < 4.78 is 14.5. The first kappa shape index (κ1) is 11.5. The number of benzene rings is 1. The molecule has 0 spiro atoms. The number of ketones is 1. The zero-order valence-electron chi connectivity index (χ0n) is 9.77. The number of nitrogens with zero attached hydrogens (tertiary/aromatic N) is 2. The normalized spacial score (nSPS) is 10.5. The van der Waals surface area contributed by atoms with E-state index in [0.717, 1.165) is 11.1 Å². The van der Waals surface area contributed by atoms with Gasteiger partial charge in [-0.3, -0.25) is 9.48 Å². The van der Waals surface area contributed by atoms with Crippen molar-refractivity contribution in [2.75, 3.05) is 0 Å². The van der Waals surface area contributed by atoms with Gasteiger partial charge in [0.05, 0.1) is 0 Å². The fourth-order valence-electron chi connectivity index (χ4n) is 1.68. The van der Waals surface area contributed by atoms with Crippen molar-refractivity contribution in [2.24, 2.45) is 7.05 Å². The molecule has 0 unspecified atom stereocenters. The predicted molar refractivity (Wildman–Crippen MR) is 62.4 cm³/mol. The molecule has 17 heavy (non-hydrogen) atoms. The zero-order valence-corrected chi connectivity index (χ0v) is 9.77. The van der Waals surface area contributed by atoms with Gasteiger partial charge in [-0.2, -0.15) is 5.10 Å². The Morgan fingerprint density at radius 2 is 2.18 bits per heavy atom. The molecule has 0 fully saturated rings. The van der Waals surface area contributed by atoms with Gasteiger partial charge in [0.25, 0.3) is 0 Å². The van der Waals surface area contributed by atoms with Gasteiger partial charge in [-0.1, -0.05) is 6.07 Å². The van der Waals surface area contributed by atoms with Crippen molar-refractivity contribution in [2.45, 2.75) is 13.3 Å². The molecule has 0 aliphatic heterocycles. The number of carbonyl (C=O) groups excluding carboxylic acids is 1. The fraction of sp³-hybridized carbons (Fsp3) is 0.231. The van der Waals surface area contributed by atoms with Crippen LogP contribution in [0.15, 0.2) is 30.5 Å². The van der Waals surface area contributed by atoms with Gasteiger partial charge in [-0.05, 0) is 36.2 Å². The van der Waals surface area contributed by atoms with Crippen LogP contribution in [0.25, 0.3) is 0 Å². The number of Topliss-reactive ketones (excluding diaryl/α,β-unsaturated/α-hetero) is 1. The van der Waals surface area contributed by atoms with Crippen molar-refractivity contribution in [3.8, 4) is 0 Å². The summed E-state index contributed by atoms with van der Waals surface area (Å²) in [5.74, 6) is -0.336. The largest absolute Gasteiger partial charge is 0.292 e. The van der Waals surface area contributed by atoms with Crippen LogP contribution < -0.4 is 0 Å². The molecule has 1 aromatic heterocycles. The van der Waals surface area contributed by atoms with E-state index in [4.69, 9.17) is 0 Å². The minimum atomic E-state index is -0.281. The van der Waals surface area contributed by atoms with Crippen molar-refractivity contribution in [1.82, 2.24) is 9.78 Å². The van der Waals surface area contributed by atoms with Crippen LogP contribution in [-0.4, -0.2) is 15.6 Å². The summed E-state index contributed by atoms with van der Waals surface area (Å²) in [4.78, 5) is 11.9. The highest BCUT2D eigenvalue weighted by atomic mass is 19.1. The van der Waals surface area contributed by atoms with Crippen LogP contribution in [0.1, 0.15) is 21.6 Å². The molecule has 0 aliphatic carbocycles. The molecule has 0 radical (unpaired) electrons. The number of hydrogen-bond donors (Lipinski definition) is 0. The van der Waals surface area contributed by atoms with Gasteiger partial charge < -0.3 is 0 Å². The second-order valence-corrected chi connectivity index (χ2v) is 4.05. The van der Waals surface area contributed by atoms with Gasteiger partial charge in [0, 0.05) is 19.7 Å². The van der Waals surface area contributed by atoms with Crippen molar-refractivity contribution < 1.29 is 9.18 Å². The number of halogens is 1. The Kier molecular flexibility index (Phi) is 3.04. The molecular formula is C13H13FN2O. The Bertz CT molecular complexity index is 560. The number of rotatable bonds is 3. The Morgan fingerprint density at radius 3 is 2.76 bits per heavy atom. The van der Waals surface area contributed by atoms with Crippen LogP contribution in [0.5, 0.6) is 0 Å². The first-order chi connectivity index (χ1) is 8.06. The molecule has 2 rings (SSSR count). The highest BCUT2D eigenvalue weighted by Gasteiger charge is 2.11. The summed E-state index contributed by atoms with van der Waals surface area (Å²) >= 11 is 0. The standard InChI is InChI=1S/C13H13FN2O/c1-9-7-11(14)4-3-10(9)8-13(17)12-5-6-16(2)15-12/h3-7H,8H2,1-2H3. The Balaban J connectivity index is 2.18. The van der Waals surface area contributed by atoms with E-state index in [2.05, 4.69) is 5.10 Å². The molecule has 1 heterocycles. The average molecular weight is 232 g/mol. The molecule has 4 heteroatoms. The van der Waals surface area contributed by atoms with Crippen LogP contribution in [0.2, 0.25) is 0 Å². The van der Waals surface area contributed by atoms with Crippen molar-refractivity contribution in [3.63, 3.8) is 0 Å². The van der Waals surface area contributed by atoms with E-state index in [0.29, 0.717) is 5.69 Å². The van der Waals surface area contributed by atoms with E-state index in [1.54, 1.807) is 37.0 Å². The van der Waals surface area contributed by atoms with E-state index < -0.39 is 0 Å². The van der Waals surface area contributed by atoms with Crippen molar-refractivity contribution in [3.05, 3.63) is 53.1 Å². The molecule has 1 aromatic carbocycles. The summed E-state index contributed by atoms with van der Waals surface area (Å²) in [7, 11) is 1.76. The molecule has 0 atom stereocenters. The summed E-state index contributed by atoms with van der Waals surface area (Å²) in [6, 6.07) is 6.13. The molecule has 0 bridgehead atoms. The van der Waals surface area contributed by atoms with Gasteiger partial charge in [-0.15, -0.1) is 0 Å². The van der Waals surface area contributed by atoms with Crippen LogP contribution in [-0.2, 0) is 13.5 Å². The lowest BCUT2D eigenvalue weighted by molar-refractivity contribution is 0.0987. The summed E-state index contributed by atoms with van der Waals surface area (Å²) in [5, 5.41) is 4.05. The van der Waals surface area contributed by atoms with E-state index in [1.807, 2.05) is 0 Å². The first-order valence-corrected chi connectivity index (χ1v) is 5.34. The van der Waals surface area contributed by atoms with Gasteiger partial charge in [0.1, 0.15) is 11.5 Å². The zero-order chi connectivity index (χ0) is 12.4. The second-order valence-electron chi connectivity index (χ2n) is 4.05. The number of aromatic nitrogens is 2. The summed E-state index contributed by atoms with van der Waals surface area (Å²) in [6.45, 7) is 1.80. The number of carbonyl (C=O) groups is 1. The predicted octanol–water partition coefficient (Wildman–Crippen LogP) is 2.29. The molecule has 0 saturated heterocycles. The first-order valence-electron chi connectivity index (χ1n) is 5.34. The highest BCUT2D eigenvalue weighted by Crippen LogP contribution is 2.12. The highest BCUT2D eigenvalue weighted by molar-refractivity contribution is 5.95. The van der Waals surface area contributed by atoms with Gasteiger partial charge >= 0.3 is 0 Å². The topological polar surface area (TPSA) is 34.9 Å². The smallest absolute Gasteiger partial charge is 0.187 e. The van der Waals surface area contributed by atoms with Crippen LogP contribution >= 0.6 is 0 Å². The minimum absolute atomic E-state index is 0.0553. The molecular weight excluding hydrogens is 219 g/mol. The van der Waals surface area contributed by atoms with Gasteiger partial charge in [0.2, 0.25) is 0 Å². The molecule has 0 N–H and O–H groups in total. The third kappa shape index (κ3) is 2.58. The maximum Gasteiger partial charge on any atom is 0.187 e. The Labute approximate surface area is 98.9 Å². The molecule has 2 aromatic rings. The minimum Gasteiger partial charge on any atom is -0.292 e. The molecule has 3 nitrogen and oxygen atoms in total. The quantitative estimate of drug-likeness (QED) is 0.761. The second kappa shape index (κ2) is 4.49. The lowest BCUT2D eigenvalue weighted by Crippen LogP contribution is -2.06. The van der Waals surface area contributed by atoms with E-state index in [-0.39, 0.29) is 18.0 Å². The van der Waals surface area contributed by atoms with Crippen LogP contribution in [0.4, 0.5) is 4.39 Å². The van der Waals surface area contributed by atoms with E-state index in [9.17, 15) is 9.18 Å². The average Bonchev–Trinajstić information content (AvgIpc) is 2.69. The number of aryl methyl sites for hydroxylation is 2. The van der Waals surface area contributed by atoms with E-state index in [1.165, 1.54) is 12.1 Å². The van der Waals surface area contributed by atoms with Gasteiger partial charge in [0.15, 0.2) is 5.78 Å². The third-order valence-electron chi connectivity index (χ3n) is 2.65. The van der Waals surface area contributed by atoms with Crippen LogP contribution in [0.3, 0.4) is 0 Å². The lowest BCUT2D eigenvalue weighted by atomic mass is 10.0. The lowest BCUT2D eigenvalue weighted by Gasteiger charge is -2.03. The molecule has 88 valence electrons. The maximum absolute atomic E-state index is 12.9. The van der Waals surface area contributed by atoms with Gasteiger partial charge in [-0.25, -0.2) is 4.39 Å². The van der Waals surface area contributed by atoms with Crippen molar-refractivity contribution in [1.29, 1.82) is 0 Å². The Morgan fingerprint density at radius 1 is 1.41 bits per heavy atom. The van der Waals surface area contributed by atoms with Crippen LogP contribution in [0, 0.1) is 12.7 Å². The van der Waals surface area contributed by atoms with E-state index >= 15 is 0 Å². The molecule has 0 aliphatic rings. The third-order valence-corrected chi connectivity index (χ3v) is 2.65. The number of hydrogen-bond acceptors (Lipinski definition) is 2.